The molecule has 2 unspecified atom stereocenters. The van der Waals surface area contributed by atoms with E-state index in [2.05, 4.69) is 13.8 Å². The fraction of sp³-hybridized carbons (Fsp3) is 0.538. The molecular formula is C13H18Cl2O. The van der Waals surface area contributed by atoms with E-state index in [-0.39, 0.29) is 5.92 Å². The van der Waals surface area contributed by atoms with Crippen molar-refractivity contribution in [2.24, 2.45) is 5.92 Å². The first-order valence-electron chi connectivity index (χ1n) is 5.53. The van der Waals surface area contributed by atoms with Gasteiger partial charge < -0.3 is 5.11 Å². The van der Waals surface area contributed by atoms with Gasteiger partial charge in [-0.3, -0.25) is 0 Å². The van der Waals surface area contributed by atoms with Crippen molar-refractivity contribution in [1.82, 2.24) is 0 Å². The van der Waals surface area contributed by atoms with Gasteiger partial charge in [-0.1, -0.05) is 49.5 Å². The third-order valence-electron chi connectivity index (χ3n) is 3.22. The summed E-state index contributed by atoms with van der Waals surface area (Å²) in [6.07, 6.45) is 1.55. The maximum absolute atomic E-state index is 10.3. The zero-order valence-corrected chi connectivity index (χ0v) is 11.4. The molecule has 0 bridgehead atoms. The molecule has 90 valence electrons. The van der Waals surface area contributed by atoms with Crippen molar-refractivity contribution in [3.05, 3.63) is 33.8 Å². The molecule has 0 heterocycles. The van der Waals surface area contributed by atoms with Crippen LogP contribution in [-0.2, 0) is 6.42 Å². The maximum Gasteiger partial charge on any atom is 0.0685 e. The van der Waals surface area contributed by atoms with Gasteiger partial charge in [0.1, 0.15) is 0 Å². The Kier molecular flexibility index (Phi) is 4.66. The topological polar surface area (TPSA) is 20.2 Å². The van der Waals surface area contributed by atoms with Crippen LogP contribution in [0.2, 0.25) is 10.0 Å². The molecule has 0 aliphatic rings. The third-order valence-corrected chi connectivity index (χ3v) is 3.96. The zero-order chi connectivity index (χ0) is 12.3. The van der Waals surface area contributed by atoms with Crippen molar-refractivity contribution < 1.29 is 5.11 Å². The Labute approximate surface area is 107 Å². The van der Waals surface area contributed by atoms with Crippen LogP contribution in [0, 0.1) is 5.92 Å². The van der Waals surface area contributed by atoms with Gasteiger partial charge in [-0.2, -0.15) is 0 Å². The van der Waals surface area contributed by atoms with Crippen LogP contribution in [-0.4, -0.2) is 10.7 Å². The molecule has 1 aromatic rings. The highest BCUT2D eigenvalue weighted by atomic mass is 35.5. The van der Waals surface area contributed by atoms with Gasteiger partial charge in [-0.05, 0) is 30.5 Å². The average molecular weight is 261 g/mol. The van der Waals surface area contributed by atoms with Crippen molar-refractivity contribution in [3.8, 4) is 0 Å². The number of hydrogen-bond donors (Lipinski definition) is 1. The van der Waals surface area contributed by atoms with E-state index in [1.807, 2.05) is 19.1 Å². The first kappa shape index (κ1) is 13.8. The molecule has 1 nitrogen and oxygen atoms in total. The van der Waals surface area contributed by atoms with Gasteiger partial charge in [0.25, 0.3) is 0 Å². The highest BCUT2D eigenvalue weighted by Gasteiger charge is 2.27. The van der Waals surface area contributed by atoms with Crippen LogP contribution in [0.1, 0.15) is 32.8 Å². The van der Waals surface area contributed by atoms with E-state index in [1.54, 1.807) is 6.07 Å². The Balaban J connectivity index is 2.84. The molecule has 16 heavy (non-hydrogen) atoms. The van der Waals surface area contributed by atoms with Gasteiger partial charge in [0, 0.05) is 6.42 Å². The lowest BCUT2D eigenvalue weighted by atomic mass is 9.83. The second-order valence-electron chi connectivity index (χ2n) is 4.59. The number of aliphatic hydroxyl groups is 1. The molecule has 0 aliphatic heterocycles. The molecule has 1 N–H and O–H groups in total. The van der Waals surface area contributed by atoms with Crippen LogP contribution >= 0.6 is 23.2 Å². The summed E-state index contributed by atoms with van der Waals surface area (Å²) in [5, 5.41) is 11.4. The minimum Gasteiger partial charge on any atom is -0.390 e. The van der Waals surface area contributed by atoms with E-state index in [0.29, 0.717) is 16.5 Å². The summed E-state index contributed by atoms with van der Waals surface area (Å²) < 4.78 is 0. The first-order valence-corrected chi connectivity index (χ1v) is 6.28. The summed E-state index contributed by atoms with van der Waals surface area (Å²) in [7, 11) is 0. The molecule has 0 saturated heterocycles. The van der Waals surface area contributed by atoms with Crippen molar-refractivity contribution in [3.63, 3.8) is 0 Å². The van der Waals surface area contributed by atoms with Crippen LogP contribution in [0.4, 0.5) is 0 Å². The minimum atomic E-state index is -0.702. The van der Waals surface area contributed by atoms with Crippen LogP contribution < -0.4 is 0 Å². The van der Waals surface area contributed by atoms with E-state index in [4.69, 9.17) is 23.2 Å². The Morgan fingerprint density at radius 2 is 1.94 bits per heavy atom. The Morgan fingerprint density at radius 1 is 1.31 bits per heavy atom. The zero-order valence-electron chi connectivity index (χ0n) is 9.93. The van der Waals surface area contributed by atoms with Gasteiger partial charge in [0.15, 0.2) is 0 Å². The lowest BCUT2D eigenvalue weighted by Gasteiger charge is -2.29. The quantitative estimate of drug-likeness (QED) is 0.855. The standard InChI is InChI=1S/C13H18Cl2O/c1-4-9(2)13(3,16)8-10-5-6-11(14)12(15)7-10/h5-7,9,16H,4,8H2,1-3H3. The van der Waals surface area contributed by atoms with E-state index in [1.165, 1.54) is 0 Å². The van der Waals surface area contributed by atoms with E-state index in [0.717, 1.165) is 12.0 Å². The van der Waals surface area contributed by atoms with Crippen LogP contribution in [0.5, 0.6) is 0 Å². The number of rotatable bonds is 4. The van der Waals surface area contributed by atoms with Crippen molar-refractivity contribution in [1.29, 1.82) is 0 Å². The summed E-state index contributed by atoms with van der Waals surface area (Å²) in [6, 6.07) is 5.50. The molecule has 0 spiro atoms. The summed E-state index contributed by atoms with van der Waals surface area (Å²) >= 11 is 11.8. The van der Waals surface area contributed by atoms with Gasteiger partial charge in [-0.15, -0.1) is 0 Å². The predicted molar refractivity (Wildman–Crippen MR) is 70.2 cm³/mol. The molecule has 0 radical (unpaired) electrons. The lowest BCUT2D eigenvalue weighted by Crippen LogP contribution is -2.34. The molecule has 0 amide bonds. The summed E-state index contributed by atoms with van der Waals surface area (Å²) in [4.78, 5) is 0. The minimum absolute atomic E-state index is 0.252. The second-order valence-corrected chi connectivity index (χ2v) is 5.41. The summed E-state index contributed by atoms with van der Waals surface area (Å²) in [5.41, 5.74) is 0.311. The molecule has 0 fully saturated rings. The van der Waals surface area contributed by atoms with E-state index >= 15 is 0 Å². The van der Waals surface area contributed by atoms with Crippen LogP contribution in [0.3, 0.4) is 0 Å². The number of hydrogen-bond acceptors (Lipinski definition) is 1. The van der Waals surface area contributed by atoms with Crippen LogP contribution in [0.15, 0.2) is 18.2 Å². The van der Waals surface area contributed by atoms with Gasteiger partial charge in [0.2, 0.25) is 0 Å². The Morgan fingerprint density at radius 3 is 2.44 bits per heavy atom. The fourth-order valence-corrected chi connectivity index (χ4v) is 2.00. The van der Waals surface area contributed by atoms with Crippen molar-refractivity contribution >= 4 is 23.2 Å². The molecule has 2 atom stereocenters. The molecular weight excluding hydrogens is 243 g/mol. The van der Waals surface area contributed by atoms with Crippen molar-refractivity contribution in [2.45, 2.75) is 39.2 Å². The molecule has 3 heteroatoms. The highest BCUT2D eigenvalue weighted by molar-refractivity contribution is 6.42. The molecule has 0 saturated carbocycles. The highest BCUT2D eigenvalue weighted by Crippen LogP contribution is 2.28. The number of benzene rings is 1. The van der Waals surface area contributed by atoms with Gasteiger partial charge in [-0.25, -0.2) is 0 Å². The maximum atomic E-state index is 10.3. The average Bonchev–Trinajstić information content (AvgIpc) is 2.22. The largest absolute Gasteiger partial charge is 0.390 e. The predicted octanol–water partition coefficient (Wildman–Crippen LogP) is 4.33. The number of halogens is 2. The molecule has 0 aliphatic carbocycles. The Bertz CT molecular complexity index is 361. The smallest absolute Gasteiger partial charge is 0.0685 e. The first-order chi connectivity index (χ1) is 7.36. The third kappa shape index (κ3) is 3.38. The normalized spacial score (nSPS) is 16.9. The summed E-state index contributed by atoms with van der Waals surface area (Å²) in [6.45, 7) is 6.00. The lowest BCUT2D eigenvalue weighted by molar-refractivity contribution is 0.00517. The molecule has 0 aromatic heterocycles. The van der Waals surface area contributed by atoms with E-state index in [9.17, 15) is 5.11 Å². The Hall–Kier alpha value is -0.240. The molecule has 1 aromatic carbocycles. The summed E-state index contributed by atoms with van der Waals surface area (Å²) in [5.74, 6) is 0.252. The second kappa shape index (κ2) is 5.39. The van der Waals surface area contributed by atoms with Crippen LogP contribution in [0.25, 0.3) is 0 Å². The SMILES string of the molecule is CCC(C)C(C)(O)Cc1ccc(Cl)c(Cl)c1. The monoisotopic (exact) mass is 260 g/mol. The van der Waals surface area contributed by atoms with Gasteiger partial charge in [0.05, 0.1) is 15.6 Å². The fourth-order valence-electron chi connectivity index (χ4n) is 1.68. The van der Waals surface area contributed by atoms with Crippen molar-refractivity contribution in [2.75, 3.05) is 0 Å². The van der Waals surface area contributed by atoms with Gasteiger partial charge >= 0.3 is 0 Å². The molecule has 1 rings (SSSR count). The van der Waals surface area contributed by atoms with E-state index < -0.39 is 5.60 Å².